The summed E-state index contributed by atoms with van der Waals surface area (Å²) in [6, 6.07) is 0. The molecule has 20 heavy (non-hydrogen) atoms. The summed E-state index contributed by atoms with van der Waals surface area (Å²) in [5, 5.41) is 0. The summed E-state index contributed by atoms with van der Waals surface area (Å²) in [6.07, 6.45) is 5.15. The lowest BCUT2D eigenvalue weighted by atomic mass is 9.80. The van der Waals surface area contributed by atoms with Crippen molar-refractivity contribution in [3.63, 3.8) is 0 Å². The highest BCUT2D eigenvalue weighted by atomic mass is 15.3. The highest BCUT2D eigenvalue weighted by molar-refractivity contribution is 5.00. The molecule has 2 N–H and O–H groups in total. The van der Waals surface area contributed by atoms with Crippen LogP contribution in [-0.4, -0.2) is 54.6 Å². The highest BCUT2D eigenvalue weighted by Crippen LogP contribution is 2.39. The Morgan fingerprint density at radius 3 is 2.25 bits per heavy atom. The Morgan fingerprint density at radius 2 is 1.80 bits per heavy atom. The molecule has 0 amide bonds. The zero-order valence-electron chi connectivity index (χ0n) is 14.1. The molecule has 3 heteroatoms. The summed E-state index contributed by atoms with van der Waals surface area (Å²) >= 11 is 0. The topological polar surface area (TPSA) is 32.5 Å². The lowest BCUT2D eigenvalue weighted by molar-refractivity contribution is 0.0368. The number of piperidine rings is 1. The molecule has 0 aromatic rings. The molecule has 0 radical (unpaired) electrons. The molecule has 0 aliphatic carbocycles. The second-order valence-corrected chi connectivity index (χ2v) is 8.07. The molecule has 0 bridgehead atoms. The van der Waals surface area contributed by atoms with Gasteiger partial charge in [0.15, 0.2) is 0 Å². The largest absolute Gasteiger partial charge is 0.329 e. The van der Waals surface area contributed by atoms with Crippen LogP contribution in [0.5, 0.6) is 0 Å². The van der Waals surface area contributed by atoms with Gasteiger partial charge in [-0.1, -0.05) is 27.7 Å². The van der Waals surface area contributed by atoms with E-state index < -0.39 is 0 Å². The van der Waals surface area contributed by atoms with Crippen molar-refractivity contribution < 1.29 is 0 Å². The first-order valence-corrected chi connectivity index (χ1v) is 8.59. The van der Waals surface area contributed by atoms with Gasteiger partial charge in [0.1, 0.15) is 0 Å². The van der Waals surface area contributed by atoms with Crippen LogP contribution >= 0.6 is 0 Å². The molecule has 2 heterocycles. The van der Waals surface area contributed by atoms with Gasteiger partial charge in [0, 0.05) is 18.6 Å². The second-order valence-electron chi connectivity index (χ2n) is 8.07. The molecule has 3 nitrogen and oxygen atoms in total. The van der Waals surface area contributed by atoms with Crippen molar-refractivity contribution in [2.45, 2.75) is 58.9 Å². The zero-order valence-corrected chi connectivity index (χ0v) is 14.1. The summed E-state index contributed by atoms with van der Waals surface area (Å²) in [5.41, 5.74) is 6.97. The van der Waals surface area contributed by atoms with Crippen LogP contribution in [0.15, 0.2) is 0 Å². The first-order valence-electron chi connectivity index (χ1n) is 8.59. The average molecular weight is 281 g/mol. The third kappa shape index (κ3) is 3.37. The SMILES string of the molecule is CCCN1CCC(CN)(N2CCC(C(C)(C)C)C2)CC1. The van der Waals surface area contributed by atoms with Crippen molar-refractivity contribution in [3.05, 3.63) is 0 Å². The van der Waals surface area contributed by atoms with E-state index in [1.807, 2.05) is 0 Å². The zero-order chi connectivity index (χ0) is 14.8. The molecule has 2 aliphatic heterocycles. The van der Waals surface area contributed by atoms with Crippen molar-refractivity contribution >= 4 is 0 Å². The number of nitrogens with zero attached hydrogens (tertiary/aromatic N) is 2. The molecule has 2 rings (SSSR count). The number of hydrogen-bond donors (Lipinski definition) is 1. The standard InChI is InChI=1S/C17H35N3/c1-5-9-19-11-7-17(14-18,8-12-19)20-10-6-15(13-20)16(2,3)4/h15H,5-14,18H2,1-4H3. The number of likely N-dealkylation sites (tertiary alicyclic amines) is 2. The van der Waals surface area contributed by atoms with Crippen LogP contribution in [0.1, 0.15) is 53.4 Å². The minimum Gasteiger partial charge on any atom is -0.329 e. The number of nitrogens with two attached hydrogens (primary N) is 1. The van der Waals surface area contributed by atoms with Gasteiger partial charge in [-0.15, -0.1) is 0 Å². The van der Waals surface area contributed by atoms with E-state index in [2.05, 4.69) is 37.5 Å². The van der Waals surface area contributed by atoms with Crippen LogP contribution in [-0.2, 0) is 0 Å². The van der Waals surface area contributed by atoms with Crippen LogP contribution in [0.3, 0.4) is 0 Å². The predicted octanol–water partition coefficient (Wildman–Crippen LogP) is 2.56. The van der Waals surface area contributed by atoms with E-state index in [9.17, 15) is 0 Å². The summed E-state index contributed by atoms with van der Waals surface area (Å²) in [5.74, 6) is 0.833. The fourth-order valence-corrected chi connectivity index (χ4v) is 4.06. The molecule has 0 aromatic carbocycles. The van der Waals surface area contributed by atoms with Gasteiger partial charge in [-0.3, -0.25) is 4.90 Å². The fourth-order valence-electron chi connectivity index (χ4n) is 4.06. The van der Waals surface area contributed by atoms with E-state index in [0.717, 1.165) is 12.5 Å². The van der Waals surface area contributed by atoms with Crippen molar-refractivity contribution in [1.29, 1.82) is 0 Å². The Hall–Kier alpha value is -0.120. The molecule has 118 valence electrons. The molecule has 0 saturated carbocycles. The van der Waals surface area contributed by atoms with Crippen molar-refractivity contribution in [2.75, 3.05) is 39.3 Å². The van der Waals surface area contributed by atoms with Gasteiger partial charge in [0.05, 0.1) is 0 Å². The van der Waals surface area contributed by atoms with Crippen molar-refractivity contribution in [2.24, 2.45) is 17.1 Å². The number of hydrogen-bond acceptors (Lipinski definition) is 3. The molecule has 2 saturated heterocycles. The molecule has 2 fully saturated rings. The van der Waals surface area contributed by atoms with Gasteiger partial charge in [-0.2, -0.15) is 0 Å². The van der Waals surface area contributed by atoms with Crippen LogP contribution < -0.4 is 5.73 Å². The molecule has 1 unspecified atom stereocenters. The van der Waals surface area contributed by atoms with Gasteiger partial charge >= 0.3 is 0 Å². The lowest BCUT2D eigenvalue weighted by Gasteiger charge is -2.47. The van der Waals surface area contributed by atoms with Crippen molar-refractivity contribution in [3.8, 4) is 0 Å². The third-order valence-corrected chi connectivity index (χ3v) is 5.79. The summed E-state index contributed by atoms with van der Waals surface area (Å²) in [4.78, 5) is 5.36. The second kappa shape index (κ2) is 6.33. The normalized spacial score (nSPS) is 28.9. The van der Waals surface area contributed by atoms with E-state index in [1.165, 1.54) is 58.4 Å². The summed E-state index contributed by atoms with van der Waals surface area (Å²) < 4.78 is 0. The summed E-state index contributed by atoms with van der Waals surface area (Å²) in [7, 11) is 0. The van der Waals surface area contributed by atoms with E-state index in [1.54, 1.807) is 0 Å². The highest BCUT2D eigenvalue weighted by Gasteiger charge is 2.43. The van der Waals surface area contributed by atoms with Gasteiger partial charge in [0.25, 0.3) is 0 Å². The van der Waals surface area contributed by atoms with E-state index in [0.29, 0.717) is 11.0 Å². The molecule has 0 aromatic heterocycles. The average Bonchev–Trinajstić information content (AvgIpc) is 2.90. The molecule has 2 aliphatic rings. The Morgan fingerprint density at radius 1 is 1.15 bits per heavy atom. The van der Waals surface area contributed by atoms with E-state index in [-0.39, 0.29) is 0 Å². The van der Waals surface area contributed by atoms with E-state index in [4.69, 9.17) is 5.73 Å². The quantitative estimate of drug-likeness (QED) is 0.859. The smallest absolute Gasteiger partial charge is 0.0356 e. The maximum absolute atomic E-state index is 6.23. The van der Waals surface area contributed by atoms with Crippen LogP contribution in [0.25, 0.3) is 0 Å². The van der Waals surface area contributed by atoms with Crippen LogP contribution in [0.2, 0.25) is 0 Å². The Balaban J connectivity index is 1.96. The van der Waals surface area contributed by atoms with Gasteiger partial charge in [0.2, 0.25) is 0 Å². The lowest BCUT2D eigenvalue weighted by Crippen LogP contribution is -2.58. The minimum absolute atomic E-state index is 0.296. The van der Waals surface area contributed by atoms with E-state index >= 15 is 0 Å². The monoisotopic (exact) mass is 281 g/mol. The van der Waals surface area contributed by atoms with Crippen LogP contribution in [0.4, 0.5) is 0 Å². The maximum Gasteiger partial charge on any atom is 0.0356 e. The first kappa shape index (κ1) is 16.3. The molecule has 1 atom stereocenters. The maximum atomic E-state index is 6.23. The van der Waals surface area contributed by atoms with Crippen LogP contribution in [0, 0.1) is 11.3 Å². The Labute approximate surface area is 125 Å². The molecular weight excluding hydrogens is 246 g/mol. The fraction of sp³-hybridized carbons (Fsp3) is 1.00. The Kier molecular flexibility index (Phi) is 5.14. The molecule has 0 spiro atoms. The van der Waals surface area contributed by atoms with Gasteiger partial charge in [-0.25, -0.2) is 0 Å². The molecular formula is C17H35N3. The first-order chi connectivity index (χ1) is 9.41. The third-order valence-electron chi connectivity index (χ3n) is 5.79. The number of rotatable bonds is 4. The van der Waals surface area contributed by atoms with Gasteiger partial charge < -0.3 is 10.6 Å². The van der Waals surface area contributed by atoms with Crippen molar-refractivity contribution in [1.82, 2.24) is 9.80 Å². The predicted molar refractivity (Wildman–Crippen MR) is 86.9 cm³/mol. The van der Waals surface area contributed by atoms with Gasteiger partial charge in [-0.05, 0) is 63.2 Å². The Bertz CT molecular complexity index is 300. The minimum atomic E-state index is 0.296. The summed E-state index contributed by atoms with van der Waals surface area (Å²) in [6.45, 7) is 16.5.